The Kier molecular flexibility index (Phi) is 5.06. The molecule has 3 rings (SSSR count). The van der Waals surface area contributed by atoms with Gasteiger partial charge in [-0.05, 0) is 50.0 Å². The summed E-state index contributed by atoms with van der Waals surface area (Å²) in [6, 6.07) is 13.3. The number of nitrogens with one attached hydrogen (secondary N) is 1. The van der Waals surface area contributed by atoms with Crippen molar-refractivity contribution >= 4 is 21.8 Å². The molecular weight excluding hydrogens is 372 g/mol. The molecule has 1 amide bonds. The van der Waals surface area contributed by atoms with Crippen LogP contribution in [0.25, 0.3) is 0 Å². The Morgan fingerprint density at radius 2 is 2.00 bits per heavy atom. The van der Waals surface area contributed by atoms with E-state index in [2.05, 4.69) is 26.1 Å². The fourth-order valence-corrected chi connectivity index (χ4v) is 3.04. The van der Waals surface area contributed by atoms with Crippen LogP contribution in [0, 0.1) is 0 Å². The van der Waals surface area contributed by atoms with Gasteiger partial charge in [-0.1, -0.05) is 28.1 Å². The van der Waals surface area contributed by atoms with Crippen molar-refractivity contribution in [1.29, 1.82) is 0 Å². The number of likely N-dealkylation sites (N-methyl/N-ethyl adjacent to an activating group) is 1. The number of rotatable bonds is 5. The first-order valence-electron chi connectivity index (χ1n) is 7.64. The monoisotopic (exact) mass is 390 g/mol. The number of carbonyl (C=O) groups excluding carboxylic acids is 1. The van der Waals surface area contributed by atoms with Gasteiger partial charge in [0.05, 0.1) is 6.04 Å². The molecule has 0 bridgehead atoms. The minimum Gasteiger partial charge on any atom is -0.454 e. The zero-order chi connectivity index (χ0) is 17.1. The summed E-state index contributed by atoms with van der Waals surface area (Å²) in [6.45, 7) is 0.753. The number of amides is 1. The predicted octanol–water partition coefficient (Wildman–Crippen LogP) is 3.21. The van der Waals surface area contributed by atoms with E-state index in [1.807, 2.05) is 44.4 Å². The highest BCUT2D eigenvalue weighted by molar-refractivity contribution is 9.10. The van der Waals surface area contributed by atoms with Gasteiger partial charge in [0.2, 0.25) is 6.79 Å². The highest BCUT2D eigenvalue weighted by Crippen LogP contribution is 2.34. The van der Waals surface area contributed by atoms with Crippen molar-refractivity contribution < 1.29 is 14.3 Å². The molecule has 1 aliphatic heterocycles. The summed E-state index contributed by atoms with van der Waals surface area (Å²) in [7, 11) is 3.97. The lowest BCUT2D eigenvalue weighted by atomic mass is 10.0. The van der Waals surface area contributed by atoms with E-state index >= 15 is 0 Å². The summed E-state index contributed by atoms with van der Waals surface area (Å²) in [4.78, 5) is 14.4. The molecule has 0 radical (unpaired) electrons. The molecule has 0 spiro atoms. The smallest absolute Gasteiger partial charge is 0.251 e. The van der Waals surface area contributed by atoms with Crippen LogP contribution in [-0.4, -0.2) is 38.2 Å². The molecule has 6 heteroatoms. The third-order valence-corrected chi connectivity index (χ3v) is 4.44. The van der Waals surface area contributed by atoms with Gasteiger partial charge in [0.25, 0.3) is 5.91 Å². The molecule has 1 unspecified atom stereocenters. The van der Waals surface area contributed by atoms with Gasteiger partial charge >= 0.3 is 0 Å². The third kappa shape index (κ3) is 3.71. The summed E-state index contributed by atoms with van der Waals surface area (Å²) in [5.74, 6) is 1.41. The van der Waals surface area contributed by atoms with E-state index in [0.29, 0.717) is 12.1 Å². The van der Waals surface area contributed by atoms with Gasteiger partial charge in [-0.2, -0.15) is 0 Å². The Morgan fingerprint density at radius 3 is 2.75 bits per heavy atom. The third-order valence-electron chi connectivity index (χ3n) is 3.95. The minimum atomic E-state index is -0.0936. The first-order chi connectivity index (χ1) is 11.5. The molecule has 126 valence electrons. The topological polar surface area (TPSA) is 50.8 Å². The van der Waals surface area contributed by atoms with Gasteiger partial charge < -0.3 is 19.7 Å². The maximum atomic E-state index is 12.3. The van der Waals surface area contributed by atoms with E-state index in [9.17, 15) is 4.79 Å². The van der Waals surface area contributed by atoms with Crippen molar-refractivity contribution in [2.75, 3.05) is 27.4 Å². The predicted molar refractivity (Wildman–Crippen MR) is 95.5 cm³/mol. The molecule has 2 aromatic carbocycles. The van der Waals surface area contributed by atoms with Gasteiger partial charge in [-0.25, -0.2) is 0 Å². The molecule has 1 N–H and O–H groups in total. The van der Waals surface area contributed by atoms with Crippen molar-refractivity contribution in [3.05, 3.63) is 58.1 Å². The van der Waals surface area contributed by atoms with Gasteiger partial charge in [0.15, 0.2) is 11.5 Å². The second kappa shape index (κ2) is 7.23. The Hall–Kier alpha value is -2.05. The average Bonchev–Trinajstić information content (AvgIpc) is 3.02. The van der Waals surface area contributed by atoms with Crippen molar-refractivity contribution in [1.82, 2.24) is 10.2 Å². The fourth-order valence-electron chi connectivity index (χ4n) is 2.64. The van der Waals surface area contributed by atoms with Gasteiger partial charge in [-0.15, -0.1) is 0 Å². The molecule has 0 saturated heterocycles. The van der Waals surface area contributed by atoms with Gasteiger partial charge in [0.1, 0.15) is 0 Å². The quantitative estimate of drug-likeness (QED) is 0.851. The van der Waals surface area contributed by atoms with E-state index in [4.69, 9.17) is 9.47 Å². The van der Waals surface area contributed by atoms with Crippen molar-refractivity contribution in [2.45, 2.75) is 6.04 Å². The number of ether oxygens (including phenoxy) is 2. The number of hydrogen-bond donors (Lipinski definition) is 1. The highest BCUT2D eigenvalue weighted by atomic mass is 79.9. The van der Waals surface area contributed by atoms with E-state index in [0.717, 1.165) is 21.5 Å². The van der Waals surface area contributed by atoms with Gasteiger partial charge in [0, 0.05) is 16.6 Å². The number of carbonyl (C=O) groups is 1. The highest BCUT2D eigenvalue weighted by Gasteiger charge is 2.20. The van der Waals surface area contributed by atoms with E-state index in [1.165, 1.54) is 0 Å². The van der Waals surface area contributed by atoms with Crippen molar-refractivity contribution in [2.24, 2.45) is 0 Å². The number of hydrogen-bond acceptors (Lipinski definition) is 4. The largest absolute Gasteiger partial charge is 0.454 e. The lowest BCUT2D eigenvalue weighted by Crippen LogP contribution is -2.34. The van der Waals surface area contributed by atoms with Crippen molar-refractivity contribution in [3.8, 4) is 11.5 Å². The van der Waals surface area contributed by atoms with E-state index in [-0.39, 0.29) is 18.7 Å². The molecule has 24 heavy (non-hydrogen) atoms. The second-order valence-electron chi connectivity index (χ2n) is 5.81. The molecule has 0 aliphatic carbocycles. The van der Waals surface area contributed by atoms with E-state index < -0.39 is 0 Å². The molecule has 5 nitrogen and oxygen atoms in total. The molecule has 1 heterocycles. The van der Waals surface area contributed by atoms with Crippen LogP contribution in [0.3, 0.4) is 0 Å². The van der Waals surface area contributed by atoms with Crippen LogP contribution < -0.4 is 14.8 Å². The van der Waals surface area contributed by atoms with Crippen LogP contribution in [-0.2, 0) is 0 Å². The number of fused-ring (bicyclic) bond motifs is 1. The second-order valence-corrected chi connectivity index (χ2v) is 6.73. The van der Waals surface area contributed by atoms with Crippen LogP contribution in [0.15, 0.2) is 46.9 Å². The van der Waals surface area contributed by atoms with Crippen LogP contribution in [0.1, 0.15) is 22.0 Å². The first kappa shape index (κ1) is 16.8. The molecule has 1 atom stereocenters. The van der Waals surface area contributed by atoms with Gasteiger partial charge in [-0.3, -0.25) is 4.79 Å². The molecule has 2 aromatic rings. The molecule has 1 aliphatic rings. The zero-order valence-corrected chi connectivity index (χ0v) is 15.2. The fraction of sp³-hybridized carbons (Fsp3) is 0.278. The zero-order valence-electron chi connectivity index (χ0n) is 13.6. The van der Waals surface area contributed by atoms with Crippen LogP contribution in [0.2, 0.25) is 0 Å². The SMILES string of the molecule is CN(C)C(CNC(=O)c1cccc(Br)c1)c1ccc2c(c1)OCO2. The molecule has 0 saturated carbocycles. The standard InChI is InChI=1S/C18H19BrN2O3/c1-21(2)15(12-6-7-16-17(9-12)24-11-23-16)10-20-18(22)13-4-3-5-14(19)8-13/h3-9,15H,10-11H2,1-2H3,(H,20,22). The summed E-state index contributed by atoms with van der Waals surface area (Å²) >= 11 is 3.39. The Morgan fingerprint density at radius 1 is 1.21 bits per heavy atom. The average molecular weight is 391 g/mol. The minimum absolute atomic E-state index is 0.0376. The Balaban J connectivity index is 1.72. The number of benzene rings is 2. The lowest BCUT2D eigenvalue weighted by molar-refractivity contribution is 0.0942. The van der Waals surface area contributed by atoms with Crippen LogP contribution in [0.5, 0.6) is 11.5 Å². The molecule has 0 fully saturated rings. The molecule has 0 aromatic heterocycles. The summed E-state index contributed by atoms with van der Waals surface area (Å²) in [5.41, 5.74) is 1.70. The van der Waals surface area contributed by atoms with Crippen molar-refractivity contribution in [3.63, 3.8) is 0 Å². The summed E-state index contributed by atoms with van der Waals surface area (Å²) in [6.07, 6.45) is 0. The molecular formula is C18H19BrN2O3. The van der Waals surface area contributed by atoms with E-state index in [1.54, 1.807) is 12.1 Å². The lowest BCUT2D eigenvalue weighted by Gasteiger charge is -2.25. The number of halogens is 1. The van der Waals surface area contributed by atoms with Crippen LogP contribution >= 0.6 is 15.9 Å². The maximum absolute atomic E-state index is 12.3. The maximum Gasteiger partial charge on any atom is 0.251 e. The Bertz CT molecular complexity index is 749. The summed E-state index contributed by atoms with van der Waals surface area (Å²) in [5, 5.41) is 3.00. The first-order valence-corrected chi connectivity index (χ1v) is 8.43. The Labute approximate surface area is 149 Å². The van der Waals surface area contributed by atoms with Crippen LogP contribution in [0.4, 0.5) is 0 Å². The summed E-state index contributed by atoms with van der Waals surface area (Å²) < 4.78 is 11.7. The number of nitrogens with zero attached hydrogens (tertiary/aromatic N) is 1. The normalized spacial score (nSPS) is 13.8.